The Morgan fingerprint density at radius 3 is 2.37 bits per heavy atom. The fourth-order valence-corrected chi connectivity index (χ4v) is 3.54. The quantitative estimate of drug-likeness (QED) is 0.391. The molecule has 0 aliphatic rings. The van der Waals surface area contributed by atoms with E-state index in [1.807, 2.05) is 11.9 Å². The van der Waals surface area contributed by atoms with Gasteiger partial charge in [0.1, 0.15) is 5.78 Å². The van der Waals surface area contributed by atoms with Gasteiger partial charge in [-0.1, -0.05) is 13.8 Å². The van der Waals surface area contributed by atoms with E-state index in [9.17, 15) is 14.4 Å². The Morgan fingerprint density at radius 2 is 1.74 bits per heavy atom. The first-order valence-electron chi connectivity index (χ1n) is 11.2. The standard InChI is InChI=1S/C24H30N8O3/c1-13(2)20(34)18(10-5-14(3)33)29-23(35)15-6-8-17(9-7-15)32(4)12-16-11-27-22-19(28-16)21(25)30-24(26)31-22/h6-9,11,13,18H,5,10,12H2,1-4H3,(H,29,35)(H4,25,26,27,30,31)/t18-/m0/s1. The number of carbonyl (C=O) groups is 3. The van der Waals surface area contributed by atoms with Crippen molar-refractivity contribution >= 4 is 46.1 Å². The zero-order chi connectivity index (χ0) is 25.7. The number of nitrogen functional groups attached to an aromatic ring is 2. The minimum absolute atomic E-state index is 0.0244. The lowest BCUT2D eigenvalue weighted by molar-refractivity contribution is -0.124. The summed E-state index contributed by atoms with van der Waals surface area (Å²) in [5.74, 6) is -0.531. The number of Topliss-reactive ketones (excluding diaryl/α,β-unsaturated/α-hetero) is 2. The van der Waals surface area contributed by atoms with E-state index in [4.69, 9.17) is 11.5 Å². The van der Waals surface area contributed by atoms with Crippen molar-refractivity contribution < 1.29 is 14.4 Å². The van der Waals surface area contributed by atoms with Crippen LogP contribution in [0, 0.1) is 5.92 Å². The fourth-order valence-electron chi connectivity index (χ4n) is 3.54. The molecular formula is C24H30N8O3. The lowest BCUT2D eigenvalue weighted by atomic mass is 9.96. The minimum atomic E-state index is -0.702. The van der Waals surface area contributed by atoms with Crippen molar-refractivity contribution in [1.29, 1.82) is 0 Å². The number of aromatic nitrogens is 4. The molecule has 0 saturated carbocycles. The van der Waals surface area contributed by atoms with E-state index in [1.165, 1.54) is 6.92 Å². The van der Waals surface area contributed by atoms with Gasteiger partial charge >= 0.3 is 0 Å². The second-order valence-electron chi connectivity index (χ2n) is 8.73. The molecule has 0 spiro atoms. The molecule has 0 aliphatic carbocycles. The molecule has 0 fully saturated rings. The largest absolute Gasteiger partial charge is 0.382 e. The topological polar surface area (TPSA) is 170 Å². The first kappa shape index (κ1) is 25.5. The smallest absolute Gasteiger partial charge is 0.251 e. The van der Waals surface area contributed by atoms with Crippen LogP contribution in [0.25, 0.3) is 11.2 Å². The average Bonchev–Trinajstić information content (AvgIpc) is 2.81. The summed E-state index contributed by atoms with van der Waals surface area (Å²) in [7, 11) is 1.88. The summed E-state index contributed by atoms with van der Waals surface area (Å²) in [6, 6.07) is 6.27. The Morgan fingerprint density at radius 1 is 1.06 bits per heavy atom. The molecule has 0 unspecified atom stereocenters. The maximum absolute atomic E-state index is 12.8. The molecule has 5 N–H and O–H groups in total. The van der Waals surface area contributed by atoms with E-state index in [-0.39, 0.29) is 48.0 Å². The van der Waals surface area contributed by atoms with Gasteiger partial charge in [-0.05, 0) is 37.6 Å². The number of nitrogens with two attached hydrogens (primary N) is 2. The monoisotopic (exact) mass is 478 g/mol. The molecule has 0 saturated heterocycles. The van der Waals surface area contributed by atoms with Gasteiger partial charge in [0.2, 0.25) is 5.95 Å². The third kappa shape index (κ3) is 6.46. The molecule has 1 aromatic carbocycles. The lowest BCUT2D eigenvalue weighted by Gasteiger charge is -2.21. The molecule has 2 heterocycles. The maximum atomic E-state index is 12.8. The summed E-state index contributed by atoms with van der Waals surface area (Å²) in [6.07, 6.45) is 2.11. The molecule has 11 nitrogen and oxygen atoms in total. The molecule has 3 rings (SSSR count). The molecule has 0 radical (unpaired) electrons. The van der Waals surface area contributed by atoms with E-state index < -0.39 is 6.04 Å². The highest BCUT2D eigenvalue weighted by molar-refractivity contribution is 5.98. The van der Waals surface area contributed by atoms with Gasteiger partial charge in [0, 0.05) is 30.6 Å². The van der Waals surface area contributed by atoms with Crippen molar-refractivity contribution in [3.63, 3.8) is 0 Å². The summed E-state index contributed by atoms with van der Waals surface area (Å²) in [5, 5.41) is 2.78. The number of hydrogen-bond acceptors (Lipinski definition) is 10. The third-order valence-corrected chi connectivity index (χ3v) is 5.47. The van der Waals surface area contributed by atoms with E-state index in [2.05, 4.69) is 25.3 Å². The molecule has 0 aliphatic heterocycles. The van der Waals surface area contributed by atoms with Gasteiger partial charge in [-0.25, -0.2) is 9.97 Å². The number of carbonyl (C=O) groups excluding carboxylic acids is 3. The van der Waals surface area contributed by atoms with Gasteiger partial charge in [0.25, 0.3) is 5.91 Å². The number of fused-ring (bicyclic) bond motifs is 1. The predicted molar refractivity (Wildman–Crippen MR) is 134 cm³/mol. The first-order chi connectivity index (χ1) is 16.5. The number of benzene rings is 1. The highest BCUT2D eigenvalue weighted by Crippen LogP contribution is 2.19. The highest BCUT2D eigenvalue weighted by Gasteiger charge is 2.24. The van der Waals surface area contributed by atoms with Crippen molar-refractivity contribution in [2.45, 2.75) is 46.2 Å². The second-order valence-corrected chi connectivity index (χ2v) is 8.73. The van der Waals surface area contributed by atoms with Crippen molar-refractivity contribution in [3.05, 3.63) is 41.7 Å². The number of nitrogens with one attached hydrogen (secondary N) is 1. The number of rotatable bonds is 10. The summed E-state index contributed by atoms with van der Waals surface area (Å²) >= 11 is 0. The predicted octanol–water partition coefficient (Wildman–Crippen LogP) is 1.91. The van der Waals surface area contributed by atoms with Crippen LogP contribution in [-0.4, -0.2) is 50.5 Å². The van der Waals surface area contributed by atoms with Crippen molar-refractivity contribution in [2.24, 2.45) is 5.92 Å². The molecule has 0 bridgehead atoms. The zero-order valence-electron chi connectivity index (χ0n) is 20.3. The van der Waals surface area contributed by atoms with E-state index in [0.29, 0.717) is 29.0 Å². The molecule has 1 atom stereocenters. The number of hydrogen-bond donors (Lipinski definition) is 3. The summed E-state index contributed by atoms with van der Waals surface area (Å²) in [4.78, 5) is 55.3. The van der Waals surface area contributed by atoms with Crippen LogP contribution in [0.3, 0.4) is 0 Å². The Kier molecular flexibility index (Phi) is 7.90. The van der Waals surface area contributed by atoms with E-state index in [0.717, 1.165) is 5.69 Å². The molecule has 3 aromatic rings. The van der Waals surface area contributed by atoms with Crippen LogP contribution in [0.2, 0.25) is 0 Å². The van der Waals surface area contributed by atoms with Crippen molar-refractivity contribution in [3.8, 4) is 0 Å². The van der Waals surface area contributed by atoms with Crippen LogP contribution >= 0.6 is 0 Å². The van der Waals surface area contributed by atoms with E-state index >= 15 is 0 Å². The Labute approximate surface area is 203 Å². The fraction of sp³-hybridized carbons (Fsp3) is 0.375. The van der Waals surface area contributed by atoms with Crippen LogP contribution in [0.15, 0.2) is 30.5 Å². The number of nitrogens with zero attached hydrogens (tertiary/aromatic N) is 5. The Bertz CT molecular complexity index is 1240. The molecular weight excluding hydrogens is 448 g/mol. The van der Waals surface area contributed by atoms with Gasteiger partial charge in [0.15, 0.2) is 22.8 Å². The van der Waals surface area contributed by atoms with Gasteiger partial charge in [-0.3, -0.25) is 9.59 Å². The van der Waals surface area contributed by atoms with Crippen LogP contribution in [0.1, 0.15) is 49.7 Å². The second kappa shape index (κ2) is 10.9. The van der Waals surface area contributed by atoms with Crippen LogP contribution in [-0.2, 0) is 16.1 Å². The summed E-state index contributed by atoms with van der Waals surface area (Å²) in [6.45, 7) is 5.44. The highest BCUT2D eigenvalue weighted by atomic mass is 16.2. The maximum Gasteiger partial charge on any atom is 0.251 e. The summed E-state index contributed by atoms with van der Waals surface area (Å²) < 4.78 is 0. The SMILES string of the molecule is CC(=O)CC[C@H](NC(=O)c1ccc(N(C)Cc2cnc3nc(N)nc(N)c3n2)cc1)C(=O)C(C)C. The third-order valence-electron chi connectivity index (χ3n) is 5.47. The molecule has 1 amide bonds. The van der Waals surface area contributed by atoms with Crippen LogP contribution in [0.4, 0.5) is 17.5 Å². The Hall–Kier alpha value is -4.15. The summed E-state index contributed by atoms with van der Waals surface area (Å²) in [5.41, 5.74) is 14.1. The molecule has 11 heteroatoms. The normalized spacial score (nSPS) is 11.9. The van der Waals surface area contributed by atoms with Crippen LogP contribution < -0.4 is 21.7 Å². The molecule has 35 heavy (non-hydrogen) atoms. The van der Waals surface area contributed by atoms with Gasteiger partial charge in [0.05, 0.1) is 24.5 Å². The number of ketones is 2. The average molecular weight is 479 g/mol. The lowest BCUT2D eigenvalue weighted by Crippen LogP contribution is -2.43. The van der Waals surface area contributed by atoms with Crippen LogP contribution in [0.5, 0.6) is 0 Å². The van der Waals surface area contributed by atoms with Crippen molar-refractivity contribution in [1.82, 2.24) is 25.3 Å². The van der Waals surface area contributed by atoms with E-state index in [1.54, 1.807) is 44.3 Å². The minimum Gasteiger partial charge on any atom is -0.382 e. The first-order valence-corrected chi connectivity index (χ1v) is 11.2. The molecule has 2 aromatic heterocycles. The Balaban J connectivity index is 1.69. The molecule has 184 valence electrons. The van der Waals surface area contributed by atoms with Gasteiger partial charge in [-0.15, -0.1) is 0 Å². The zero-order valence-corrected chi connectivity index (χ0v) is 20.3. The number of anilines is 3. The van der Waals surface area contributed by atoms with Crippen molar-refractivity contribution in [2.75, 3.05) is 23.4 Å². The number of amides is 1. The van der Waals surface area contributed by atoms with Gasteiger partial charge < -0.3 is 26.5 Å². The van der Waals surface area contributed by atoms with Gasteiger partial charge in [-0.2, -0.15) is 9.97 Å².